The Labute approximate surface area is 162 Å². The van der Waals surface area contributed by atoms with Crippen LogP contribution in [0.15, 0.2) is 42.7 Å². The summed E-state index contributed by atoms with van der Waals surface area (Å²) >= 11 is 0. The van der Waals surface area contributed by atoms with Gasteiger partial charge in [0.05, 0.1) is 22.3 Å². The molecule has 0 aromatic carbocycles. The summed E-state index contributed by atoms with van der Waals surface area (Å²) in [5, 5.41) is 8.34. The molecule has 2 N–H and O–H groups in total. The number of likely N-dealkylation sites (tertiary alicyclic amines) is 1. The Balaban J connectivity index is 1.40. The molecule has 1 amide bonds. The zero-order chi connectivity index (χ0) is 19.3. The molecule has 142 valence electrons. The van der Waals surface area contributed by atoms with Gasteiger partial charge in [-0.3, -0.25) is 9.69 Å². The molecular formula is C21H22N6O. The standard InChI is InChI=1S/C21H22N6O/c1-13-5-6-16-8-15(12-27(16)25-13)21(28)24-20-10-17-14(11-22-20)9-18(23-17)19-4-3-7-26(19)2/h5-6,8-12,19,23H,3-4,7H2,1-2H3,(H,22,24,28)/t19-/m1/s1. The fraction of sp³-hybridized carbons (Fsp3) is 0.286. The third-order valence-corrected chi connectivity index (χ3v) is 5.50. The largest absolute Gasteiger partial charge is 0.357 e. The van der Waals surface area contributed by atoms with Crippen molar-refractivity contribution in [3.05, 3.63) is 59.7 Å². The van der Waals surface area contributed by atoms with Gasteiger partial charge >= 0.3 is 0 Å². The molecule has 0 unspecified atom stereocenters. The van der Waals surface area contributed by atoms with Crippen molar-refractivity contribution in [2.24, 2.45) is 0 Å². The summed E-state index contributed by atoms with van der Waals surface area (Å²) in [4.78, 5) is 22.9. The lowest BCUT2D eigenvalue weighted by atomic mass is 10.1. The first kappa shape index (κ1) is 16.9. The number of aryl methyl sites for hydroxylation is 1. The molecule has 5 heterocycles. The predicted molar refractivity (Wildman–Crippen MR) is 109 cm³/mol. The highest BCUT2D eigenvalue weighted by Gasteiger charge is 2.24. The van der Waals surface area contributed by atoms with Crippen molar-refractivity contribution < 1.29 is 4.79 Å². The van der Waals surface area contributed by atoms with E-state index in [0.29, 0.717) is 17.4 Å². The first-order valence-corrected chi connectivity index (χ1v) is 9.53. The first-order valence-electron chi connectivity index (χ1n) is 9.53. The molecule has 0 saturated carbocycles. The van der Waals surface area contributed by atoms with Crippen LogP contribution in [0, 0.1) is 6.92 Å². The van der Waals surface area contributed by atoms with Crippen molar-refractivity contribution in [1.29, 1.82) is 0 Å². The lowest BCUT2D eigenvalue weighted by Crippen LogP contribution is -2.17. The minimum Gasteiger partial charge on any atom is -0.357 e. The number of nitrogens with zero attached hydrogens (tertiary/aromatic N) is 4. The number of hydrogen-bond donors (Lipinski definition) is 2. The van der Waals surface area contributed by atoms with Crippen LogP contribution in [0.25, 0.3) is 16.4 Å². The van der Waals surface area contributed by atoms with E-state index in [-0.39, 0.29) is 5.91 Å². The lowest BCUT2D eigenvalue weighted by Gasteiger charge is -2.17. The van der Waals surface area contributed by atoms with Crippen molar-refractivity contribution in [2.45, 2.75) is 25.8 Å². The number of fused-ring (bicyclic) bond motifs is 2. The van der Waals surface area contributed by atoms with Crippen LogP contribution >= 0.6 is 0 Å². The van der Waals surface area contributed by atoms with Gasteiger partial charge in [0.25, 0.3) is 5.91 Å². The van der Waals surface area contributed by atoms with Gasteiger partial charge < -0.3 is 10.3 Å². The number of hydrogen-bond acceptors (Lipinski definition) is 4. The van der Waals surface area contributed by atoms with Crippen molar-refractivity contribution >= 4 is 28.1 Å². The van der Waals surface area contributed by atoms with Gasteiger partial charge in [0.15, 0.2) is 0 Å². The molecule has 0 spiro atoms. The maximum absolute atomic E-state index is 12.7. The van der Waals surface area contributed by atoms with E-state index in [9.17, 15) is 4.79 Å². The van der Waals surface area contributed by atoms with Gasteiger partial charge in [-0.1, -0.05) is 0 Å². The molecule has 1 fully saturated rings. The molecule has 1 saturated heterocycles. The minimum absolute atomic E-state index is 0.197. The van der Waals surface area contributed by atoms with Crippen LogP contribution in [0.2, 0.25) is 0 Å². The summed E-state index contributed by atoms with van der Waals surface area (Å²) in [5.74, 6) is 0.336. The van der Waals surface area contributed by atoms with Gasteiger partial charge in [0.1, 0.15) is 5.82 Å². The topological polar surface area (TPSA) is 78.3 Å². The third kappa shape index (κ3) is 2.93. The fourth-order valence-corrected chi connectivity index (χ4v) is 4.00. The maximum Gasteiger partial charge on any atom is 0.258 e. The number of H-pyrrole nitrogens is 1. The summed E-state index contributed by atoms with van der Waals surface area (Å²) in [5.41, 5.74) is 4.53. The average Bonchev–Trinajstić information content (AvgIpc) is 3.38. The summed E-state index contributed by atoms with van der Waals surface area (Å²) in [6.07, 6.45) is 5.92. The molecule has 7 heteroatoms. The predicted octanol–water partition coefficient (Wildman–Crippen LogP) is 3.54. The van der Waals surface area contributed by atoms with Crippen LogP contribution in [0.1, 0.15) is 40.6 Å². The summed E-state index contributed by atoms with van der Waals surface area (Å²) in [7, 11) is 2.16. The monoisotopic (exact) mass is 374 g/mol. The average molecular weight is 374 g/mol. The third-order valence-electron chi connectivity index (χ3n) is 5.50. The number of aromatic amines is 1. The van der Waals surface area contributed by atoms with Gasteiger partial charge in [-0.05, 0) is 57.6 Å². The Hall–Kier alpha value is -3.19. The SMILES string of the molecule is Cc1ccc2cc(C(=O)Nc3cc4[nH]c([C@H]5CCCN5C)cc4cn3)cn2n1. The zero-order valence-corrected chi connectivity index (χ0v) is 15.9. The fourth-order valence-electron chi connectivity index (χ4n) is 4.00. The molecule has 0 radical (unpaired) electrons. The number of carbonyl (C=O) groups is 1. The van der Waals surface area contributed by atoms with E-state index < -0.39 is 0 Å². The van der Waals surface area contributed by atoms with Gasteiger partial charge in [-0.2, -0.15) is 5.10 Å². The van der Waals surface area contributed by atoms with Gasteiger partial charge in [0, 0.05) is 35.6 Å². The van der Waals surface area contributed by atoms with Crippen LogP contribution < -0.4 is 5.32 Å². The van der Waals surface area contributed by atoms with Crippen LogP contribution in [0.3, 0.4) is 0 Å². The molecule has 0 aliphatic carbocycles. The maximum atomic E-state index is 12.7. The Bertz CT molecular complexity index is 1190. The minimum atomic E-state index is -0.197. The lowest BCUT2D eigenvalue weighted by molar-refractivity contribution is 0.102. The number of rotatable bonds is 3. The molecule has 1 aliphatic rings. The highest BCUT2D eigenvalue weighted by molar-refractivity contribution is 6.05. The van der Waals surface area contributed by atoms with Crippen LogP contribution in [-0.4, -0.2) is 44.0 Å². The van der Waals surface area contributed by atoms with Gasteiger partial charge in [0.2, 0.25) is 0 Å². The molecular weight excluding hydrogens is 352 g/mol. The Morgan fingerprint density at radius 2 is 2.18 bits per heavy atom. The van der Waals surface area contributed by atoms with Gasteiger partial charge in [-0.15, -0.1) is 0 Å². The molecule has 28 heavy (non-hydrogen) atoms. The molecule has 0 bridgehead atoms. The van der Waals surface area contributed by atoms with Crippen molar-refractivity contribution in [2.75, 3.05) is 18.9 Å². The van der Waals surface area contributed by atoms with Crippen molar-refractivity contribution in [3.63, 3.8) is 0 Å². The molecule has 7 nitrogen and oxygen atoms in total. The van der Waals surface area contributed by atoms with Gasteiger partial charge in [-0.25, -0.2) is 9.50 Å². The van der Waals surface area contributed by atoms with Crippen LogP contribution in [0.5, 0.6) is 0 Å². The first-order chi connectivity index (χ1) is 13.6. The smallest absolute Gasteiger partial charge is 0.258 e. The van der Waals surface area contributed by atoms with E-state index in [4.69, 9.17) is 0 Å². The second-order valence-electron chi connectivity index (χ2n) is 7.55. The van der Waals surface area contributed by atoms with E-state index in [1.54, 1.807) is 16.9 Å². The summed E-state index contributed by atoms with van der Waals surface area (Å²) < 4.78 is 1.72. The van der Waals surface area contributed by atoms with Crippen LogP contribution in [-0.2, 0) is 0 Å². The highest BCUT2D eigenvalue weighted by atomic mass is 16.1. The normalized spacial score (nSPS) is 17.6. The number of anilines is 1. The molecule has 1 atom stereocenters. The highest BCUT2D eigenvalue weighted by Crippen LogP contribution is 2.32. The summed E-state index contributed by atoms with van der Waals surface area (Å²) in [6.45, 7) is 3.05. The molecule has 5 rings (SSSR count). The zero-order valence-electron chi connectivity index (χ0n) is 15.9. The van der Waals surface area contributed by atoms with Crippen molar-refractivity contribution in [3.8, 4) is 0 Å². The molecule has 4 aromatic rings. The molecule has 4 aromatic heterocycles. The Morgan fingerprint density at radius 1 is 1.29 bits per heavy atom. The number of pyridine rings is 1. The van der Waals surface area contributed by atoms with Crippen LogP contribution in [0.4, 0.5) is 5.82 Å². The Morgan fingerprint density at radius 3 is 3.00 bits per heavy atom. The molecule has 1 aliphatic heterocycles. The van der Waals surface area contributed by atoms with E-state index in [2.05, 4.69) is 38.4 Å². The summed E-state index contributed by atoms with van der Waals surface area (Å²) in [6, 6.07) is 10.2. The number of amides is 1. The van der Waals surface area contributed by atoms with E-state index >= 15 is 0 Å². The quantitative estimate of drug-likeness (QED) is 0.575. The Kier molecular flexibility index (Phi) is 3.91. The second-order valence-corrected chi connectivity index (χ2v) is 7.55. The van der Waals surface area contributed by atoms with Crippen molar-refractivity contribution in [1.82, 2.24) is 24.5 Å². The van der Waals surface area contributed by atoms with E-state index in [1.165, 1.54) is 12.1 Å². The van der Waals surface area contributed by atoms with E-state index in [1.807, 2.05) is 31.2 Å². The number of aromatic nitrogens is 4. The number of carbonyl (C=O) groups excluding carboxylic acids is 1. The number of nitrogens with one attached hydrogen (secondary N) is 2. The van der Waals surface area contributed by atoms with E-state index in [0.717, 1.165) is 35.1 Å². The second kappa shape index (κ2) is 6.45.